The van der Waals surface area contributed by atoms with Crippen LogP contribution < -0.4 is 0 Å². The predicted molar refractivity (Wildman–Crippen MR) is 73.5 cm³/mol. The summed E-state index contributed by atoms with van der Waals surface area (Å²) < 4.78 is 0. The third-order valence-corrected chi connectivity index (χ3v) is 4.83. The molecule has 1 saturated heterocycles. The predicted octanol–water partition coefficient (Wildman–Crippen LogP) is 3.66. The van der Waals surface area contributed by atoms with Crippen LogP contribution in [0.2, 0.25) is 5.31 Å². The van der Waals surface area contributed by atoms with Crippen LogP contribution in [0.25, 0.3) is 0 Å². The van der Waals surface area contributed by atoms with Gasteiger partial charge in [0.15, 0.2) is 0 Å². The summed E-state index contributed by atoms with van der Waals surface area (Å²) >= 11 is 0. The first-order valence-electron chi connectivity index (χ1n) is 6.36. The lowest BCUT2D eigenvalue weighted by molar-refractivity contribution is 0.272. The standard InChI is InChI=1S/C15H20BN/c1-14(2)9-13(16-15(14,3)4)12-7-5-6-11(8-12)10-17/h5-8,13,16H,9H2,1-4H3. The Labute approximate surface area is 105 Å². The smallest absolute Gasteiger partial charge is 0.137 e. The highest BCUT2D eigenvalue weighted by Crippen LogP contribution is 2.57. The van der Waals surface area contributed by atoms with Crippen molar-refractivity contribution in [3.05, 3.63) is 35.4 Å². The maximum atomic E-state index is 8.96. The molecule has 0 radical (unpaired) electrons. The average Bonchev–Trinajstić information content (AvgIpc) is 2.48. The Morgan fingerprint density at radius 2 is 2.00 bits per heavy atom. The molecule has 0 saturated carbocycles. The molecule has 1 unspecified atom stereocenters. The van der Waals surface area contributed by atoms with E-state index in [1.807, 2.05) is 12.1 Å². The van der Waals surface area contributed by atoms with Crippen molar-refractivity contribution in [2.24, 2.45) is 5.41 Å². The summed E-state index contributed by atoms with van der Waals surface area (Å²) in [7, 11) is 1.22. The van der Waals surface area contributed by atoms with Crippen LogP contribution in [0.5, 0.6) is 0 Å². The summed E-state index contributed by atoms with van der Waals surface area (Å²) in [6, 6.07) is 10.3. The number of nitriles is 1. The van der Waals surface area contributed by atoms with Gasteiger partial charge in [-0.3, -0.25) is 0 Å². The average molecular weight is 225 g/mol. The van der Waals surface area contributed by atoms with E-state index in [0.29, 0.717) is 16.5 Å². The Morgan fingerprint density at radius 3 is 2.53 bits per heavy atom. The van der Waals surface area contributed by atoms with Crippen LogP contribution in [0.3, 0.4) is 0 Å². The lowest BCUT2D eigenvalue weighted by atomic mass is 9.47. The Balaban J connectivity index is 2.29. The van der Waals surface area contributed by atoms with E-state index < -0.39 is 0 Å². The lowest BCUT2D eigenvalue weighted by Crippen LogP contribution is -2.23. The van der Waals surface area contributed by atoms with Crippen LogP contribution in [-0.4, -0.2) is 7.28 Å². The molecule has 1 heterocycles. The number of rotatable bonds is 1. The van der Waals surface area contributed by atoms with Crippen LogP contribution in [0, 0.1) is 16.7 Å². The molecule has 1 aliphatic heterocycles. The minimum Gasteiger partial charge on any atom is -0.192 e. The van der Waals surface area contributed by atoms with Crippen LogP contribution in [0.1, 0.15) is 51.1 Å². The van der Waals surface area contributed by atoms with Gasteiger partial charge in [-0.1, -0.05) is 50.7 Å². The van der Waals surface area contributed by atoms with Crippen molar-refractivity contribution >= 4 is 7.28 Å². The molecule has 0 amide bonds. The molecule has 0 bridgehead atoms. The summed E-state index contributed by atoms with van der Waals surface area (Å²) in [6.07, 6.45) is 1.22. The van der Waals surface area contributed by atoms with Gasteiger partial charge in [0.1, 0.15) is 7.28 Å². The van der Waals surface area contributed by atoms with Gasteiger partial charge in [0.25, 0.3) is 0 Å². The third kappa shape index (κ3) is 2.11. The monoisotopic (exact) mass is 225 g/mol. The van der Waals surface area contributed by atoms with E-state index in [2.05, 4.69) is 45.9 Å². The van der Waals surface area contributed by atoms with Crippen molar-refractivity contribution in [1.82, 2.24) is 0 Å². The molecule has 88 valence electrons. The molecule has 1 atom stereocenters. The highest BCUT2D eigenvalue weighted by atomic mass is 14.4. The topological polar surface area (TPSA) is 23.8 Å². The van der Waals surface area contributed by atoms with Crippen LogP contribution in [-0.2, 0) is 0 Å². The fraction of sp³-hybridized carbons (Fsp3) is 0.533. The summed E-state index contributed by atoms with van der Waals surface area (Å²) in [6.45, 7) is 9.45. The Hall–Kier alpha value is -1.23. The minimum absolute atomic E-state index is 0.375. The summed E-state index contributed by atoms with van der Waals surface area (Å²) in [5, 5.41) is 9.34. The highest BCUT2D eigenvalue weighted by Gasteiger charge is 2.47. The molecule has 1 aromatic carbocycles. The third-order valence-electron chi connectivity index (χ3n) is 4.83. The quantitative estimate of drug-likeness (QED) is 0.669. The molecule has 1 aliphatic rings. The SMILES string of the molecule is CC1(C)BC(c2cccc(C#N)c2)CC1(C)C. The molecular weight excluding hydrogens is 205 g/mol. The Bertz CT molecular complexity index is 452. The summed E-state index contributed by atoms with van der Waals surface area (Å²) in [4.78, 5) is 0. The zero-order chi connectivity index (χ0) is 12.7. The largest absolute Gasteiger partial charge is 0.192 e. The Kier molecular flexibility index (Phi) is 2.82. The zero-order valence-corrected chi connectivity index (χ0v) is 11.2. The molecule has 0 aromatic heterocycles. The molecular formula is C15H20BN. The van der Waals surface area contributed by atoms with Crippen molar-refractivity contribution in [3.63, 3.8) is 0 Å². The van der Waals surface area contributed by atoms with Gasteiger partial charge < -0.3 is 0 Å². The van der Waals surface area contributed by atoms with Gasteiger partial charge in [0.05, 0.1) is 11.6 Å². The van der Waals surface area contributed by atoms with Crippen molar-refractivity contribution < 1.29 is 0 Å². The maximum absolute atomic E-state index is 8.96. The van der Waals surface area contributed by atoms with Crippen molar-refractivity contribution in [3.8, 4) is 6.07 Å². The highest BCUT2D eigenvalue weighted by molar-refractivity contribution is 6.43. The molecule has 0 spiro atoms. The van der Waals surface area contributed by atoms with Gasteiger partial charge in [-0.05, 0) is 29.8 Å². The summed E-state index contributed by atoms with van der Waals surface area (Å²) in [5.41, 5.74) is 2.49. The second-order valence-corrected chi connectivity index (χ2v) is 6.61. The first-order valence-corrected chi connectivity index (χ1v) is 6.36. The second-order valence-electron chi connectivity index (χ2n) is 6.61. The molecule has 1 aromatic rings. The number of nitrogens with zero attached hydrogens (tertiary/aromatic N) is 1. The van der Waals surface area contributed by atoms with Crippen LogP contribution in [0.4, 0.5) is 0 Å². The van der Waals surface area contributed by atoms with Crippen molar-refractivity contribution in [2.75, 3.05) is 0 Å². The van der Waals surface area contributed by atoms with E-state index in [1.54, 1.807) is 0 Å². The van der Waals surface area contributed by atoms with Crippen molar-refractivity contribution in [1.29, 1.82) is 5.26 Å². The van der Waals surface area contributed by atoms with Crippen molar-refractivity contribution in [2.45, 2.75) is 45.2 Å². The molecule has 0 N–H and O–H groups in total. The van der Waals surface area contributed by atoms with Gasteiger partial charge in [-0.15, -0.1) is 0 Å². The first kappa shape index (κ1) is 12.2. The molecule has 0 aliphatic carbocycles. The molecule has 1 nitrogen and oxygen atoms in total. The van der Waals surface area contributed by atoms with E-state index in [0.717, 1.165) is 5.56 Å². The van der Waals surface area contributed by atoms with Gasteiger partial charge in [0.2, 0.25) is 0 Å². The summed E-state index contributed by atoms with van der Waals surface area (Å²) in [5.74, 6) is 0.605. The second kappa shape index (κ2) is 3.91. The van der Waals surface area contributed by atoms with Gasteiger partial charge >= 0.3 is 0 Å². The molecule has 17 heavy (non-hydrogen) atoms. The van der Waals surface area contributed by atoms with Gasteiger partial charge in [-0.2, -0.15) is 5.26 Å². The van der Waals surface area contributed by atoms with Crippen LogP contribution >= 0.6 is 0 Å². The fourth-order valence-electron chi connectivity index (χ4n) is 2.95. The fourth-order valence-corrected chi connectivity index (χ4v) is 2.95. The van der Waals surface area contributed by atoms with E-state index in [4.69, 9.17) is 5.26 Å². The Morgan fingerprint density at radius 1 is 1.29 bits per heavy atom. The van der Waals surface area contributed by atoms with Gasteiger partial charge in [0, 0.05) is 0 Å². The van der Waals surface area contributed by atoms with E-state index in [9.17, 15) is 0 Å². The van der Waals surface area contributed by atoms with E-state index >= 15 is 0 Å². The number of hydrogen-bond donors (Lipinski definition) is 0. The minimum atomic E-state index is 0.375. The lowest BCUT2D eigenvalue weighted by Gasteiger charge is -2.34. The van der Waals surface area contributed by atoms with E-state index in [1.165, 1.54) is 19.3 Å². The molecule has 1 fully saturated rings. The normalized spacial score (nSPS) is 25.0. The molecule has 2 rings (SSSR count). The maximum Gasteiger partial charge on any atom is 0.137 e. The van der Waals surface area contributed by atoms with Gasteiger partial charge in [-0.25, -0.2) is 0 Å². The number of hydrogen-bond acceptors (Lipinski definition) is 1. The number of benzene rings is 1. The van der Waals surface area contributed by atoms with E-state index in [-0.39, 0.29) is 0 Å². The zero-order valence-electron chi connectivity index (χ0n) is 11.2. The molecule has 2 heteroatoms. The first-order chi connectivity index (χ1) is 7.86. The van der Waals surface area contributed by atoms with Crippen LogP contribution in [0.15, 0.2) is 24.3 Å².